The number of ether oxygens (including phenoxy) is 1. The average Bonchev–Trinajstić information content (AvgIpc) is 2.83. The number of benzene rings is 2. The maximum absolute atomic E-state index is 6.15. The molecule has 4 rings (SSSR count). The number of aryl methyl sites for hydroxylation is 1. The fourth-order valence-electron chi connectivity index (χ4n) is 3.51. The van der Waals surface area contributed by atoms with E-state index in [4.69, 9.17) is 21.4 Å². The molecule has 4 nitrogen and oxygen atoms in total. The zero-order valence-corrected chi connectivity index (χ0v) is 15.8. The summed E-state index contributed by atoms with van der Waals surface area (Å²) in [5.74, 6) is 1.95. The van der Waals surface area contributed by atoms with Gasteiger partial charge in [-0.25, -0.2) is 4.68 Å². The van der Waals surface area contributed by atoms with Gasteiger partial charge in [0.25, 0.3) is 0 Å². The Hall–Kier alpha value is -2.46. The molecule has 0 amide bonds. The van der Waals surface area contributed by atoms with Gasteiger partial charge in [-0.3, -0.25) is 0 Å². The van der Waals surface area contributed by atoms with E-state index in [1.54, 1.807) is 7.11 Å². The minimum Gasteiger partial charge on any atom is -0.497 e. The van der Waals surface area contributed by atoms with Crippen molar-refractivity contribution in [2.24, 2.45) is 0 Å². The number of halogens is 1. The van der Waals surface area contributed by atoms with Crippen molar-refractivity contribution in [2.75, 3.05) is 19.0 Å². The minimum absolute atomic E-state index is 0.743. The largest absolute Gasteiger partial charge is 0.497 e. The molecule has 5 heteroatoms. The Morgan fingerprint density at radius 3 is 2.65 bits per heavy atom. The lowest BCUT2D eigenvalue weighted by molar-refractivity contribution is 0.415. The van der Waals surface area contributed by atoms with Crippen molar-refractivity contribution in [2.45, 2.75) is 26.2 Å². The van der Waals surface area contributed by atoms with E-state index in [1.807, 2.05) is 35.0 Å². The summed E-state index contributed by atoms with van der Waals surface area (Å²) in [4.78, 5) is 0. The molecule has 0 bridgehead atoms. The summed E-state index contributed by atoms with van der Waals surface area (Å²) in [6.07, 6.45) is 3.35. The van der Waals surface area contributed by atoms with Crippen molar-refractivity contribution in [3.63, 3.8) is 0 Å². The van der Waals surface area contributed by atoms with Gasteiger partial charge in [0.2, 0.25) is 0 Å². The number of aromatic nitrogens is 2. The van der Waals surface area contributed by atoms with Crippen LogP contribution >= 0.6 is 11.6 Å². The molecule has 2 heterocycles. The molecule has 0 spiro atoms. The van der Waals surface area contributed by atoms with Crippen LogP contribution in [0.5, 0.6) is 5.75 Å². The van der Waals surface area contributed by atoms with Crippen molar-refractivity contribution in [1.82, 2.24) is 9.78 Å². The Morgan fingerprint density at radius 1 is 1.12 bits per heavy atom. The Labute approximate surface area is 158 Å². The van der Waals surface area contributed by atoms with Crippen LogP contribution in [-0.2, 0) is 6.42 Å². The topological polar surface area (TPSA) is 39.1 Å². The van der Waals surface area contributed by atoms with Gasteiger partial charge in [0.1, 0.15) is 11.6 Å². The fourth-order valence-corrected chi connectivity index (χ4v) is 3.74. The van der Waals surface area contributed by atoms with E-state index < -0.39 is 0 Å². The molecular weight excluding hydrogens is 346 g/mol. The lowest BCUT2D eigenvalue weighted by atomic mass is 10.0. The number of nitrogens with one attached hydrogen (secondary N) is 1. The zero-order valence-electron chi connectivity index (χ0n) is 15.1. The predicted octanol–water partition coefficient (Wildman–Crippen LogP) is 5.26. The first kappa shape index (κ1) is 17.0. The maximum Gasteiger partial charge on any atom is 0.133 e. The summed E-state index contributed by atoms with van der Waals surface area (Å²) in [5, 5.41) is 9.32. The average molecular weight is 368 g/mol. The molecular formula is C21H22ClN3O. The molecule has 0 saturated heterocycles. The molecule has 0 atom stereocenters. The highest BCUT2D eigenvalue weighted by atomic mass is 35.5. The minimum atomic E-state index is 0.743. The van der Waals surface area contributed by atoms with Crippen LogP contribution in [0.25, 0.3) is 16.9 Å². The van der Waals surface area contributed by atoms with Crippen molar-refractivity contribution >= 4 is 17.4 Å². The molecule has 134 valence electrons. The van der Waals surface area contributed by atoms with Crippen molar-refractivity contribution in [3.05, 3.63) is 58.6 Å². The number of rotatable bonds is 3. The zero-order chi connectivity index (χ0) is 18.1. The van der Waals surface area contributed by atoms with E-state index >= 15 is 0 Å². The van der Waals surface area contributed by atoms with E-state index in [0.29, 0.717) is 0 Å². The Morgan fingerprint density at radius 2 is 1.92 bits per heavy atom. The normalized spacial score (nSPS) is 13.7. The first-order valence-corrected chi connectivity index (χ1v) is 9.32. The SMILES string of the molecule is COc1ccc(-c2nn(-c3ccc(Cl)cc3C)c3c2CCCCN3)cc1. The van der Waals surface area contributed by atoms with Crippen LogP contribution in [0.1, 0.15) is 24.0 Å². The van der Waals surface area contributed by atoms with E-state index in [1.165, 1.54) is 5.56 Å². The predicted molar refractivity (Wildman–Crippen MR) is 107 cm³/mol. The second kappa shape index (κ2) is 7.04. The number of hydrogen-bond acceptors (Lipinski definition) is 3. The summed E-state index contributed by atoms with van der Waals surface area (Å²) < 4.78 is 7.32. The van der Waals surface area contributed by atoms with Crippen LogP contribution in [0.4, 0.5) is 5.82 Å². The maximum atomic E-state index is 6.15. The van der Waals surface area contributed by atoms with Crippen LogP contribution in [-0.4, -0.2) is 23.4 Å². The van der Waals surface area contributed by atoms with Gasteiger partial charge < -0.3 is 10.1 Å². The van der Waals surface area contributed by atoms with E-state index in [0.717, 1.165) is 64.9 Å². The molecule has 1 aromatic heterocycles. The van der Waals surface area contributed by atoms with Crippen molar-refractivity contribution < 1.29 is 4.74 Å². The highest BCUT2D eigenvalue weighted by Gasteiger charge is 2.22. The molecule has 0 radical (unpaired) electrons. The highest BCUT2D eigenvalue weighted by molar-refractivity contribution is 6.30. The summed E-state index contributed by atoms with van der Waals surface area (Å²) in [7, 11) is 1.68. The third-order valence-corrected chi connectivity index (χ3v) is 5.12. The van der Waals surface area contributed by atoms with Gasteiger partial charge in [-0.2, -0.15) is 5.10 Å². The number of fused-ring (bicyclic) bond motifs is 1. The number of methoxy groups -OCH3 is 1. The smallest absolute Gasteiger partial charge is 0.133 e. The summed E-state index contributed by atoms with van der Waals surface area (Å²) in [5.41, 5.74) is 5.58. The van der Waals surface area contributed by atoms with Crippen LogP contribution in [0.15, 0.2) is 42.5 Å². The molecule has 26 heavy (non-hydrogen) atoms. The highest BCUT2D eigenvalue weighted by Crippen LogP contribution is 2.35. The van der Waals surface area contributed by atoms with Crippen LogP contribution < -0.4 is 10.1 Å². The molecule has 1 N–H and O–H groups in total. The van der Waals surface area contributed by atoms with Gasteiger partial charge in [0, 0.05) is 22.7 Å². The molecule has 1 aliphatic rings. The molecule has 2 aromatic carbocycles. The third-order valence-electron chi connectivity index (χ3n) is 4.88. The Bertz CT molecular complexity index is 931. The molecule has 3 aromatic rings. The standard InChI is InChI=1S/C21H22ClN3O/c1-14-13-16(22)8-11-19(14)25-21-18(5-3-4-12-23-21)20(24-25)15-6-9-17(26-2)10-7-15/h6-11,13,23H,3-5,12H2,1-2H3. The van der Waals surface area contributed by atoms with Gasteiger partial charge in [-0.1, -0.05) is 11.6 Å². The molecule has 0 unspecified atom stereocenters. The van der Waals surface area contributed by atoms with Gasteiger partial charge in [-0.05, 0) is 74.2 Å². The van der Waals surface area contributed by atoms with Crippen molar-refractivity contribution in [3.8, 4) is 22.7 Å². The third kappa shape index (κ3) is 3.06. The molecule has 1 aliphatic heterocycles. The van der Waals surface area contributed by atoms with Gasteiger partial charge >= 0.3 is 0 Å². The van der Waals surface area contributed by atoms with Crippen LogP contribution in [0, 0.1) is 6.92 Å². The lowest BCUT2D eigenvalue weighted by Crippen LogP contribution is -2.08. The van der Waals surface area contributed by atoms with E-state index in [9.17, 15) is 0 Å². The number of hydrogen-bond donors (Lipinski definition) is 1. The Kier molecular flexibility index (Phi) is 4.60. The summed E-state index contributed by atoms with van der Waals surface area (Å²) >= 11 is 6.15. The number of nitrogens with zero attached hydrogens (tertiary/aromatic N) is 2. The lowest BCUT2D eigenvalue weighted by Gasteiger charge is -2.11. The Balaban J connectivity index is 1.88. The second-order valence-corrected chi connectivity index (χ2v) is 7.07. The van der Waals surface area contributed by atoms with E-state index in [-0.39, 0.29) is 0 Å². The van der Waals surface area contributed by atoms with Gasteiger partial charge in [-0.15, -0.1) is 0 Å². The fraction of sp³-hybridized carbons (Fsp3) is 0.286. The quantitative estimate of drug-likeness (QED) is 0.686. The van der Waals surface area contributed by atoms with Gasteiger partial charge in [0.15, 0.2) is 0 Å². The first-order chi connectivity index (χ1) is 12.7. The first-order valence-electron chi connectivity index (χ1n) is 8.94. The van der Waals surface area contributed by atoms with Crippen molar-refractivity contribution in [1.29, 1.82) is 0 Å². The molecule has 0 saturated carbocycles. The second-order valence-electron chi connectivity index (χ2n) is 6.63. The molecule has 0 fully saturated rings. The van der Waals surface area contributed by atoms with Crippen LogP contribution in [0.2, 0.25) is 5.02 Å². The van der Waals surface area contributed by atoms with Gasteiger partial charge in [0.05, 0.1) is 18.5 Å². The monoisotopic (exact) mass is 367 g/mol. The van der Waals surface area contributed by atoms with E-state index in [2.05, 4.69) is 24.4 Å². The summed E-state index contributed by atoms with van der Waals surface area (Å²) in [6, 6.07) is 14.1. The summed E-state index contributed by atoms with van der Waals surface area (Å²) in [6.45, 7) is 3.03. The number of anilines is 1. The van der Waals surface area contributed by atoms with Crippen LogP contribution in [0.3, 0.4) is 0 Å². The molecule has 0 aliphatic carbocycles.